The van der Waals surface area contributed by atoms with Gasteiger partial charge in [0.1, 0.15) is 17.6 Å². The fourth-order valence-electron chi connectivity index (χ4n) is 2.70. The van der Waals surface area contributed by atoms with Crippen LogP contribution < -0.4 is 9.47 Å². The van der Waals surface area contributed by atoms with Gasteiger partial charge in [0.25, 0.3) is 0 Å². The van der Waals surface area contributed by atoms with E-state index in [-0.39, 0.29) is 30.8 Å². The number of unbranched alkanes of at least 4 members (excludes halogenated alkanes) is 3. The van der Waals surface area contributed by atoms with Crippen molar-refractivity contribution in [3.05, 3.63) is 23.8 Å². The van der Waals surface area contributed by atoms with Crippen molar-refractivity contribution in [1.82, 2.24) is 0 Å². The van der Waals surface area contributed by atoms with Gasteiger partial charge in [-0.25, -0.2) is 4.79 Å². The van der Waals surface area contributed by atoms with Gasteiger partial charge < -0.3 is 23.7 Å². The molecule has 148 valence electrons. The smallest absolute Gasteiger partial charge is 0.492 e. The van der Waals surface area contributed by atoms with Crippen LogP contribution in [-0.4, -0.2) is 38.4 Å². The van der Waals surface area contributed by atoms with Gasteiger partial charge in [0.05, 0.1) is 25.4 Å². The molecule has 1 saturated heterocycles. The van der Waals surface area contributed by atoms with Crippen molar-refractivity contribution >= 4 is 6.16 Å². The summed E-state index contributed by atoms with van der Waals surface area (Å²) in [5.41, 5.74) is 0.289. The van der Waals surface area contributed by atoms with Gasteiger partial charge in [-0.2, -0.15) is 5.26 Å². The normalized spacial score (nSPS) is 19.1. The molecular formula is C20H27NO6. The Labute approximate surface area is 160 Å². The van der Waals surface area contributed by atoms with E-state index in [2.05, 4.69) is 6.92 Å². The van der Waals surface area contributed by atoms with E-state index < -0.39 is 12.3 Å². The van der Waals surface area contributed by atoms with Crippen molar-refractivity contribution in [2.75, 3.05) is 19.8 Å². The molecule has 0 spiro atoms. The van der Waals surface area contributed by atoms with E-state index in [1.54, 1.807) is 12.1 Å². The van der Waals surface area contributed by atoms with Gasteiger partial charge in [-0.05, 0) is 31.9 Å². The Hall–Kier alpha value is -2.30. The van der Waals surface area contributed by atoms with Crippen LogP contribution in [0.3, 0.4) is 0 Å². The lowest BCUT2D eigenvalue weighted by atomic mass is 10.1. The van der Waals surface area contributed by atoms with Crippen LogP contribution >= 0.6 is 0 Å². The first-order chi connectivity index (χ1) is 13.2. The zero-order chi connectivity index (χ0) is 19.5. The van der Waals surface area contributed by atoms with Crippen molar-refractivity contribution in [2.45, 2.75) is 58.3 Å². The SMILES string of the molecule is CCCCCCC1OCC(OC(=O)Oc2ccc(OCC)c(C#N)c2)CO1. The number of ether oxygens (including phenoxy) is 5. The third kappa shape index (κ3) is 7.08. The van der Waals surface area contributed by atoms with Crippen molar-refractivity contribution in [3.63, 3.8) is 0 Å². The van der Waals surface area contributed by atoms with E-state index >= 15 is 0 Å². The summed E-state index contributed by atoms with van der Waals surface area (Å²) < 4.78 is 26.9. The summed E-state index contributed by atoms with van der Waals surface area (Å²) in [4.78, 5) is 11.9. The molecule has 1 heterocycles. The predicted molar refractivity (Wildman–Crippen MR) is 97.7 cm³/mol. The number of nitrogens with zero attached hydrogens (tertiary/aromatic N) is 1. The molecule has 1 fully saturated rings. The fraction of sp³-hybridized carbons (Fsp3) is 0.600. The Morgan fingerprint density at radius 1 is 1.22 bits per heavy atom. The number of benzene rings is 1. The van der Waals surface area contributed by atoms with Crippen LogP contribution in [0.5, 0.6) is 11.5 Å². The summed E-state index contributed by atoms with van der Waals surface area (Å²) >= 11 is 0. The van der Waals surface area contributed by atoms with E-state index in [1.807, 2.05) is 13.0 Å². The van der Waals surface area contributed by atoms with Crippen molar-refractivity contribution in [2.24, 2.45) is 0 Å². The largest absolute Gasteiger partial charge is 0.514 e. The lowest BCUT2D eigenvalue weighted by molar-refractivity contribution is -0.220. The van der Waals surface area contributed by atoms with Crippen LogP contribution in [0.1, 0.15) is 51.5 Å². The van der Waals surface area contributed by atoms with Crippen LogP contribution in [0.25, 0.3) is 0 Å². The molecule has 7 heteroatoms. The molecule has 0 radical (unpaired) electrons. The van der Waals surface area contributed by atoms with Gasteiger partial charge in [-0.1, -0.05) is 26.2 Å². The Bertz CT molecular complexity index is 634. The monoisotopic (exact) mass is 377 g/mol. The first-order valence-electron chi connectivity index (χ1n) is 9.44. The quantitative estimate of drug-likeness (QED) is 0.362. The van der Waals surface area contributed by atoms with E-state index in [4.69, 9.17) is 28.9 Å². The number of nitriles is 1. The standard InChI is InChI=1S/C20H27NO6/c1-3-5-6-7-8-19-24-13-17(14-25-19)27-20(22)26-16-9-10-18(23-4-2)15(11-16)12-21/h9-11,17,19H,3-8,13-14H2,1-2H3. The molecule has 0 bridgehead atoms. The molecule has 1 aromatic carbocycles. The highest BCUT2D eigenvalue weighted by Gasteiger charge is 2.25. The summed E-state index contributed by atoms with van der Waals surface area (Å²) in [6.07, 6.45) is 3.87. The molecule has 1 aromatic rings. The summed E-state index contributed by atoms with van der Waals surface area (Å²) in [5.74, 6) is 0.659. The molecule has 0 N–H and O–H groups in total. The molecule has 7 nitrogen and oxygen atoms in total. The molecular weight excluding hydrogens is 350 g/mol. The highest BCUT2D eigenvalue weighted by atomic mass is 16.8. The van der Waals surface area contributed by atoms with Gasteiger partial charge >= 0.3 is 6.16 Å². The van der Waals surface area contributed by atoms with Crippen LogP contribution in [0.2, 0.25) is 0 Å². The summed E-state index contributed by atoms with van der Waals surface area (Å²) in [5, 5.41) is 9.15. The third-order valence-electron chi connectivity index (χ3n) is 4.06. The maximum absolute atomic E-state index is 11.9. The van der Waals surface area contributed by atoms with Gasteiger partial charge in [-0.15, -0.1) is 0 Å². The zero-order valence-corrected chi connectivity index (χ0v) is 15.9. The maximum Gasteiger partial charge on any atom is 0.514 e. The van der Waals surface area contributed by atoms with Crippen LogP contribution in [0.4, 0.5) is 4.79 Å². The van der Waals surface area contributed by atoms with Gasteiger partial charge in [0.2, 0.25) is 0 Å². The van der Waals surface area contributed by atoms with Crippen LogP contribution in [0.15, 0.2) is 18.2 Å². The van der Waals surface area contributed by atoms with Crippen molar-refractivity contribution in [1.29, 1.82) is 5.26 Å². The molecule has 0 atom stereocenters. The number of carbonyl (C=O) groups excluding carboxylic acids is 1. The Morgan fingerprint density at radius 3 is 2.67 bits per heavy atom. The van der Waals surface area contributed by atoms with Gasteiger partial charge in [0, 0.05) is 6.07 Å². The Balaban J connectivity index is 1.74. The zero-order valence-electron chi connectivity index (χ0n) is 15.9. The molecule has 2 rings (SSSR count). The molecule has 0 unspecified atom stereocenters. The summed E-state index contributed by atoms with van der Waals surface area (Å²) in [6.45, 7) is 4.99. The lowest BCUT2D eigenvalue weighted by Gasteiger charge is -2.28. The lowest BCUT2D eigenvalue weighted by Crippen LogP contribution is -2.39. The Morgan fingerprint density at radius 2 is 2.00 bits per heavy atom. The molecule has 1 aliphatic heterocycles. The predicted octanol–water partition coefficient (Wildman–Crippen LogP) is 4.18. The number of rotatable bonds is 9. The minimum atomic E-state index is -0.860. The summed E-state index contributed by atoms with van der Waals surface area (Å²) in [6, 6.07) is 6.58. The van der Waals surface area contributed by atoms with Crippen molar-refractivity contribution < 1.29 is 28.5 Å². The minimum Gasteiger partial charge on any atom is -0.492 e. The fourth-order valence-corrected chi connectivity index (χ4v) is 2.70. The van der Waals surface area contributed by atoms with E-state index in [1.165, 1.54) is 25.3 Å². The van der Waals surface area contributed by atoms with Crippen molar-refractivity contribution in [3.8, 4) is 17.6 Å². The first-order valence-corrected chi connectivity index (χ1v) is 9.44. The number of hydrogen-bond acceptors (Lipinski definition) is 7. The van der Waals surface area contributed by atoms with E-state index in [9.17, 15) is 4.79 Å². The number of hydrogen-bond donors (Lipinski definition) is 0. The molecule has 1 aliphatic rings. The third-order valence-corrected chi connectivity index (χ3v) is 4.06. The second-order valence-corrected chi connectivity index (χ2v) is 6.24. The molecule has 27 heavy (non-hydrogen) atoms. The van der Waals surface area contributed by atoms with Crippen LogP contribution in [0, 0.1) is 11.3 Å². The Kier molecular flexibility index (Phi) is 8.89. The minimum absolute atomic E-state index is 0.214. The topological polar surface area (TPSA) is 87.0 Å². The van der Waals surface area contributed by atoms with E-state index in [0.29, 0.717) is 12.4 Å². The van der Waals surface area contributed by atoms with Gasteiger partial charge in [0.15, 0.2) is 12.4 Å². The number of carbonyl (C=O) groups is 1. The summed E-state index contributed by atoms with van der Waals surface area (Å²) in [7, 11) is 0. The first kappa shape index (κ1) is 21.0. The molecule has 0 saturated carbocycles. The van der Waals surface area contributed by atoms with E-state index in [0.717, 1.165) is 12.8 Å². The second kappa shape index (κ2) is 11.4. The van der Waals surface area contributed by atoms with Crippen LogP contribution in [-0.2, 0) is 14.2 Å². The molecule has 0 amide bonds. The second-order valence-electron chi connectivity index (χ2n) is 6.24. The van der Waals surface area contributed by atoms with Gasteiger partial charge in [-0.3, -0.25) is 0 Å². The molecule has 0 aliphatic carbocycles. The maximum atomic E-state index is 11.9. The average molecular weight is 377 g/mol. The highest BCUT2D eigenvalue weighted by Crippen LogP contribution is 2.24. The average Bonchev–Trinajstić information content (AvgIpc) is 2.68. The molecule has 0 aromatic heterocycles. The highest BCUT2D eigenvalue weighted by molar-refractivity contribution is 5.65.